The topological polar surface area (TPSA) is 59.8 Å². The highest BCUT2D eigenvalue weighted by Gasteiger charge is 2.21. The molecule has 2 heterocycles. The Morgan fingerprint density at radius 1 is 1.27 bits per heavy atom. The van der Waals surface area contributed by atoms with Gasteiger partial charge in [-0.1, -0.05) is 11.8 Å². The molecule has 134 valence electrons. The van der Waals surface area contributed by atoms with Crippen molar-refractivity contribution >= 4 is 34.1 Å². The average Bonchev–Trinajstić information content (AvgIpc) is 3.25. The first kappa shape index (κ1) is 17.2. The summed E-state index contributed by atoms with van der Waals surface area (Å²) in [6.45, 7) is 0. The molecule has 3 aromatic rings. The Kier molecular flexibility index (Phi) is 4.78. The largest absolute Gasteiger partial charge is 0.296 e. The Hall–Kier alpha value is -2.19. The second kappa shape index (κ2) is 7.20. The summed E-state index contributed by atoms with van der Waals surface area (Å²) < 4.78 is 15.0. The molecule has 1 amide bonds. The molecule has 4 rings (SSSR count). The van der Waals surface area contributed by atoms with Crippen molar-refractivity contribution in [1.82, 2.24) is 14.5 Å². The summed E-state index contributed by atoms with van der Waals surface area (Å²) in [4.78, 5) is 23.0. The van der Waals surface area contributed by atoms with Gasteiger partial charge < -0.3 is 0 Å². The SMILES string of the molecule is CSc1ncc(C(=O)Nc2nc3c(s2)CCCC3)n1-c1ccc(F)cc1. The van der Waals surface area contributed by atoms with Gasteiger partial charge in [-0.2, -0.15) is 0 Å². The van der Waals surface area contributed by atoms with E-state index in [-0.39, 0.29) is 11.7 Å². The molecule has 5 nitrogen and oxygen atoms in total. The van der Waals surface area contributed by atoms with E-state index in [2.05, 4.69) is 15.3 Å². The Labute approximate surface area is 158 Å². The number of nitrogens with zero attached hydrogens (tertiary/aromatic N) is 3. The molecule has 1 aliphatic rings. The van der Waals surface area contributed by atoms with Crippen molar-refractivity contribution in [2.75, 3.05) is 11.6 Å². The summed E-state index contributed by atoms with van der Waals surface area (Å²) in [5, 5.41) is 4.19. The zero-order chi connectivity index (χ0) is 18.1. The molecule has 26 heavy (non-hydrogen) atoms. The number of fused-ring (bicyclic) bond motifs is 1. The number of aryl methyl sites for hydroxylation is 2. The van der Waals surface area contributed by atoms with Crippen LogP contribution in [0, 0.1) is 5.82 Å². The third-order valence-corrected chi connectivity index (χ3v) is 6.02. The number of hydrogen-bond donors (Lipinski definition) is 1. The molecule has 0 fully saturated rings. The Morgan fingerprint density at radius 3 is 2.77 bits per heavy atom. The van der Waals surface area contributed by atoms with Crippen LogP contribution in [0.3, 0.4) is 0 Å². The highest BCUT2D eigenvalue weighted by atomic mass is 32.2. The van der Waals surface area contributed by atoms with Gasteiger partial charge in [-0.3, -0.25) is 14.7 Å². The van der Waals surface area contributed by atoms with E-state index >= 15 is 0 Å². The molecule has 0 saturated heterocycles. The Bertz CT molecular complexity index is 925. The van der Waals surface area contributed by atoms with E-state index in [0.29, 0.717) is 21.7 Å². The van der Waals surface area contributed by atoms with Crippen LogP contribution in [0.15, 0.2) is 35.6 Å². The van der Waals surface area contributed by atoms with Crippen LogP contribution in [0.2, 0.25) is 0 Å². The lowest BCUT2D eigenvalue weighted by atomic mass is 10.0. The minimum atomic E-state index is -0.320. The predicted molar refractivity (Wildman–Crippen MR) is 102 cm³/mol. The molecule has 0 radical (unpaired) electrons. The van der Waals surface area contributed by atoms with Crippen molar-refractivity contribution in [1.29, 1.82) is 0 Å². The molecule has 1 N–H and O–H groups in total. The Balaban J connectivity index is 1.64. The number of imidazole rings is 1. The molecule has 1 aliphatic carbocycles. The summed E-state index contributed by atoms with van der Waals surface area (Å²) >= 11 is 2.97. The van der Waals surface area contributed by atoms with Gasteiger partial charge in [0.05, 0.1) is 11.9 Å². The smallest absolute Gasteiger partial charge is 0.276 e. The molecule has 8 heteroatoms. The molecule has 1 aromatic carbocycles. The van der Waals surface area contributed by atoms with Crippen LogP contribution < -0.4 is 5.32 Å². The monoisotopic (exact) mass is 388 g/mol. The predicted octanol–water partition coefficient (Wildman–Crippen LogP) is 4.32. The van der Waals surface area contributed by atoms with Crippen molar-refractivity contribution in [2.24, 2.45) is 0 Å². The maximum atomic E-state index is 13.3. The third kappa shape index (κ3) is 3.26. The molecule has 0 bridgehead atoms. The van der Waals surface area contributed by atoms with Crippen LogP contribution in [0.4, 0.5) is 9.52 Å². The molecule has 0 aliphatic heterocycles. The number of amides is 1. The van der Waals surface area contributed by atoms with E-state index in [1.165, 1.54) is 41.4 Å². The number of thioether (sulfide) groups is 1. The number of aromatic nitrogens is 3. The number of halogens is 1. The molecule has 2 aromatic heterocycles. The summed E-state index contributed by atoms with van der Waals surface area (Å²) in [5.74, 6) is -0.591. The fourth-order valence-corrected chi connectivity index (χ4v) is 4.63. The number of carbonyl (C=O) groups is 1. The third-order valence-electron chi connectivity index (χ3n) is 4.30. The number of hydrogen-bond acceptors (Lipinski definition) is 5. The summed E-state index contributed by atoms with van der Waals surface area (Å²) in [5.41, 5.74) is 2.19. The second-order valence-electron chi connectivity index (χ2n) is 5.99. The lowest BCUT2D eigenvalue weighted by molar-refractivity contribution is 0.102. The zero-order valence-electron chi connectivity index (χ0n) is 14.2. The maximum absolute atomic E-state index is 13.3. The van der Waals surface area contributed by atoms with Crippen LogP contribution in [0.5, 0.6) is 0 Å². The van der Waals surface area contributed by atoms with E-state index < -0.39 is 0 Å². The van der Waals surface area contributed by atoms with Gasteiger partial charge >= 0.3 is 0 Å². The lowest BCUT2D eigenvalue weighted by Crippen LogP contribution is -2.16. The fourth-order valence-electron chi connectivity index (χ4n) is 3.05. The number of thiazole rings is 1. The molecular formula is C18H17FN4OS2. The van der Waals surface area contributed by atoms with Crippen LogP contribution in [0.1, 0.15) is 33.9 Å². The highest BCUT2D eigenvalue weighted by Crippen LogP contribution is 2.30. The van der Waals surface area contributed by atoms with E-state index in [4.69, 9.17) is 0 Å². The quantitative estimate of drug-likeness (QED) is 0.676. The van der Waals surface area contributed by atoms with Crippen LogP contribution in [0.25, 0.3) is 5.69 Å². The van der Waals surface area contributed by atoms with Gasteiger partial charge in [0.1, 0.15) is 11.5 Å². The first-order valence-electron chi connectivity index (χ1n) is 8.33. The van der Waals surface area contributed by atoms with Gasteiger partial charge in [-0.25, -0.2) is 14.4 Å². The molecule has 0 spiro atoms. The van der Waals surface area contributed by atoms with Crippen LogP contribution in [-0.2, 0) is 12.8 Å². The van der Waals surface area contributed by atoms with Crippen molar-refractivity contribution < 1.29 is 9.18 Å². The van der Waals surface area contributed by atoms with Gasteiger partial charge in [0.2, 0.25) is 0 Å². The van der Waals surface area contributed by atoms with Crippen LogP contribution >= 0.6 is 23.1 Å². The number of nitrogens with one attached hydrogen (secondary N) is 1. The van der Waals surface area contributed by atoms with E-state index in [1.807, 2.05) is 6.26 Å². The van der Waals surface area contributed by atoms with Gasteiger partial charge in [-0.15, -0.1) is 11.3 Å². The van der Waals surface area contributed by atoms with Crippen LogP contribution in [-0.4, -0.2) is 26.7 Å². The number of benzene rings is 1. The first-order valence-corrected chi connectivity index (χ1v) is 10.4. The van der Waals surface area contributed by atoms with Gasteiger partial charge in [0.25, 0.3) is 5.91 Å². The summed E-state index contributed by atoms with van der Waals surface area (Å²) in [7, 11) is 0. The normalized spacial score (nSPS) is 13.5. The van der Waals surface area contributed by atoms with E-state index in [0.717, 1.165) is 25.0 Å². The number of anilines is 1. The van der Waals surface area contributed by atoms with Crippen molar-refractivity contribution in [3.05, 3.63) is 52.5 Å². The number of carbonyl (C=O) groups excluding carboxylic acids is 1. The average molecular weight is 388 g/mol. The van der Waals surface area contributed by atoms with Crippen molar-refractivity contribution in [3.8, 4) is 5.69 Å². The second-order valence-corrected chi connectivity index (χ2v) is 7.85. The number of rotatable bonds is 4. The van der Waals surface area contributed by atoms with Crippen molar-refractivity contribution in [3.63, 3.8) is 0 Å². The van der Waals surface area contributed by atoms with Crippen molar-refractivity contribution in [2.45, 2.75) is 30.8 Å². The summed E-state index contributed by atoms with van der Waals surface area (Å²) in [6.07, 6.45) is 7.77. The molecular weight excluding hydrogens is 371 g/mol. The lowest BCUT2D eigenvalue weighted by Gasteiger charge is -2.10. The van der Waals surface area contributed by atoms with Gasteiger partial charge in [0, 0.05) is 10.6 Å². The molecule has 0 unspecified atom stereocenters. The molecule has 0 atom stereocenters. The van der Waals surface area contributed by atoms with Gasteiger partial charge in [-0.05, 0) is 56.2 Å². The molecule has 0 saturated carbocycles. The highest BCUT2D eigenvalue weighted by molar-refractivity contribution is 7.98. The van der Waals surface area contributed by atoms with E-state index in [9.17, 15) is 9.18 Å². The fraction of sp³-hybridized carbons (Fsp3) is 0.278. The standard InChI is InChI=1S/C18H17FN4OS2/c1-25-18-20-10-14(23(18)12-8-6-11(19)7-9-12)16(24)22-17-21-13-4-2-3-5-15(13)26-17/h6-10H,2-5H2,1H3,(H,21,22,24). The van der Waals surface area contributed by atoms with Gasteiger partial charge in [0.15, 0.2) is 10.3 Å². The minimum absolute atomic E-state index is 0.270. The first-order chi connectivity index (χ1) is 12.7. The zero-order valence-corrected chi connectivity index (χ0v) is 15.8. The maximum Gasteiger partial charge on any atom is 0.276 e. The summed E-state index contributed by atoms with van der Waals surface area (Å²) in [6, 6.07) is 6.01. The minimum Gasteiger partial charge on any atom is -0.296 e. The van der Waals surface area contributed by atoms with E-state index in [1.54, 1.807) is 28.0 Å². The Morgan fingerprint density at radius 2 is 2.04 bits per heavy atom.